The monoisotopic (exact) mass is 1050 g/mol. The molecule has 1 heterocycles. The van der Waals surface area contributed by atoms with E-state index in [1.807, 2.05) is 6.08 Å². The van der Waals surface area contributed by atoms with E-state index in [2.05, 4.69) is 31.3 Å². The van der Waals surface area contributed by atoms with Crippen molar-refractivity contribution in [1.29, 1.82) is 0 Å². The van der Waals surface area contributed by atoms with E-state index in [4.69, 9.17) is 14.2 Å². The SMILES string of the molecule is CCCC/C=C\CCCCCCCC(=O)OCCCCCCCCCCCCCCCCCCCCCCCCCCCCC(=O)NC(COC1OC(CO)C(O)C(O)C1O)C(O)/C=C/CCCCCCCCC. The third-order valence-corrected chi connectivity index (χ3v) is 15.1. The summed E-state index contributed by atoms with van der Waals surface area (Å²) >= 11 is 0. The van der Waals surface area contributed by atoms with Crippen molar-refractivity contribution in [3.8, 4) is 0 Å². The first-order chi connectivity index (χ1) is 36.2. The summed E-state index contributed by atoms with van der Waals surface area (Å²) in [6.45, 7) is 4.29. The molecule has 0 aliphatic carbocycles. The van der Waals surface area contributed by atoms with Crippen LogP contribution in [0.4, 0.5) is 0 Å². The summed E-state index contributed by atoms with van der Waals surface area (Å²) in [4.78, 5) is 25.0. The Hall–Kier alpha value is -1.86. The van der Waals surface area contributed by atoms with Gasteiger partial charge in [0.05, 0.1) is 32.0 Å². The third kappa shape index (κ3) is 42.2. The zero-order valence-electron chi connectivity index (χ0n) is 48.1. The van der Waals surface area contributed by atoms with Crippen LogP contribution in [0.25, 0.3) is 0 Å². The largest absolute Gasteiger partial charge is 0.466 e. The second kappa shape index (κ2) is 53.2. The lowest BCUT2D eigenvalue weighted by Gasteiger charge is -2.40. The number of unbranched alkanes of at least 4 members (excludes halogenated alkanes) is 39. The number of ether oxygens (including phenoxy) is 3. The average molecular weight is 1050 g/mol. The Morgan fingerprint density at radius 3 is 1.34 bits per heavy atom. The number of rotatable bonds is 55. The fourth-order valence-corrected chi connectivity index (χ4v) is 10.0. The minimum Gasteiger partial charge on any atom is -0.466 e. The number of aliphatic hydroxyl groups excluding tert-OH is 5. The molecule has 1 fully saturated rings. The van der Waals surface area contributed by atoms with Crippen molar-refractivity contribution in [3.05, 3.63) is 24.3 Å². The minimum absolute atomic E-state index is 0.00387. The molecule has 1 rings (SSSR count). The molecule has 0 aromatic rings. The zero-order chi connectivity index (χ0) is 53.8. The predicted octanol–water partition coefficient (Wildman–Crippen LogP) is 14.9. The molecular weight excluding hydrogens is 931 g/mol. The van der Waals surface area contributed by atoms with E-state index in [1.165, 1.54) is 218 Å². The van der Waals surface area contributed by atoms with Gasteiger partial charge in [-0.1, -0.05) is 263 Å². The molecule has 1 saturated heterocycles. The summed E-state index contributed by atoms with van der Waals surface area (Å²) in [5.41, 5.74) is 0. The number of allylic oxidation sites excluding steroid dienone is 3. The van der Waals surface area contributed by atoms with Gasteiger partial charge in [-0.3, -0.25) is 9.59 Å². The van der Waals surface area contributed by atoms with Gasteiger partial charge >= 0.3 is 5.97 Å². The lowest BCUT2D eigenvalue weighted by atomic mass is 9.99. The summed E-state index contributed by atoms with van der Waals surface area (Å²) < 4.78 is 16.7. The maximum absolute atomic E-state index is 13.0. The summed E-state index contributed by atoms with van der Waals surface area (Å²) in [7, 11) is 0. The first kappa shape index (κ1) is 70.2. The lowest BCUT2D eigenvalue weighted by Crippen LogP contribution is -2.60. The maximum Gasteiger partial charge on any atom is 0.305 e. The number of carbonyl (C=O) groups is 2. The van der Waals surface area contributed by atoms with E-state index >= 15 is 0 Å². The van der Waals surface area contributed by atoms with Crippen molar-refractivity contribution in [3.63, 3.8) is 0 Å². The topological polar surface area (TPSA) is 175 Å². The molecule has 74 heavy (non-hydrogen) atoms. The molecule has 1 aliphatic rings. The molecule has 0 bridgehead atoms. The summed E-state index contributed by atoms with van der Waals surface area (Å²) in [5.74, 6) is -0.185. The van der Waals surface area contributed by atoms with Gasteiger partial charge in [-0.25, -0.2) is 0 Å². The van der Waals surface area contributed by atoms with Crippen LogP contribution in [0.1, 0.15) is 303 Å². The smallest absolute Gasteiger partial charge is 0.305 e. The van der Waals surface area contributed by atoms with Crippen LogP contribution in [-0.2, 0) is 23.8 Å². The highest BCUT2D eigenvalue weighted by atomic mass is 16.7. The van der Waals surface area contributed by atoms with Crippen LogP contribution >= 0.6 is 0 Å². The van der Waals surface area contributed by atoms with Gasteiger partial charge in [0.25, 0.3) is 0 Å². The quantitative estimate of drug-likeness (QED) is 0.0195. The summed E-state index contributed by atoms with van der Waals surface area (Å²) in [5, 5.41) is 54.2. The number of amides is 1. The van der Waals surface area contributed by atoms with Gasteiger partial charge in [0.2, 0.25) is 5.91 Å². The van der Waals surface area contributed by atoms with E-state index in [9.17, 15) is 35.1 Å². The Morgan fingerprint density at radius 1 is 0.486 bits per heavy atom. The van der Waals surface area contributed by atoms with Gasteiger partial charge in [-0.15, -0.1) is 0 Å². The van der Waals surface area contributed by atoms with Crippen LogP contribution < -0.4 is 5.32 Å². The highest BCUT2D eigenvalue weighted by molar-refractivity contribution is 5.76. The van der Waals surface area contributed by atoms with Gasteiger partial charge < -0.3 is 45.1 Å². The van der Waals surface area contributed by atoms with Gasteiger partial charge in [0, 0.05) is 12.8 Å². The van der Waals surface area contributed by atoms with Crippen LogP contribution in [0.5, 0.6) is 0 Å². The van der Waals surface area contributed by atoms with Crippen molar-refractivity contribution >= 4 is 11.9 Å². The van der Waals surface area contributed by atoms with E-state index in [-0.39, 0.29) is 18.5 Å². The lowest BCUT2D eigenvalue weighted by molar-refractivity contribution is -0.302. The summed E-state index contributed by atoms with van der Waals surface area (Å²) in [6, 6.07) is -0.806. The normalized spacial score (nSPS) is 18.9. The van der Waals surface area contributed by atoms with Crippen molar-refractivity contribution in [2.75, 3.05) is 19.8 Å². The standard InChI is InChI=1S/C63H119NO10/c1-3-5-7-9-11-13-30-35-39-43-47-51-59(68)72-52-48-44-40-36-32-29-27-25-23-21-19-17-15-14-16-18-20-22-24-26-28-31-34-38-42-46-50-58(67)64-55(56(66)49-45-41-37-33-12-10-8-6-4-2)54-73-63-62(71)61(70)60(69)57(53-65)74-63/h9,11,45,49,55-57,60-63,65-66,69-71H,3-8,10,12-44,46-48,50-54H2,1-2H3,(H,64,67)/b11-9-,49-45+. The van der Waals surface area contributed by atoms with E-state index in [1.54, 1.807) is 6.08 Å². The van der Waals surface area contributed by atoms with Crippen LogP contribution in [0.15, 0.2) is 24.3 Å². The summed E-state index contributed by atoms with van der Waals surface area (Å²) in [6.07, 6.45) is 54.5. The Morgan fingerprint density at radius 2 is 0.878 bits per heavy atom. The Bertz CT molecular complexity index is 1280. The van der Waals surface area contributed by atoms with Crippen molar-refractivity contribution in [2.45, 2.75) is 346 Å². The van der Waals surface area contributed by atoms with Crippen molar-refractivity contribution in [1.82, 2.24) is 5.32 Å². The number of carbonyl (C=O) groups excluding carboxylic acids is 2. The number of hydrogen-bond donors (Lipinski definition) is 6. The molecule has 0 spiro atoms. The van der Waals surface area contributed by atoms with Crippen molar-refractivity contribution < 1.29 is 49.3 Å². The van der Waals surface area contributed by atoms with Gasteiger partial charge in [-0.2, -0.15) is 0 Å². The molecular formula is C63H119NO10. The second-order valence-electron chi connectivity index (χ2n) is 22.1. The highest BCUT2D eigenvalue weighted by Crippen LogP contribution is 2.23. The molecule has 7 unspecified atom stereocenters. The Kier molecular flexibility index (Phi) is 50.4. The molecule has 1 amide bonds. The van der Waals surface area contributed by atoms with Crippen LogP contribution in [0.3, 0.4) is 0 Å². The van der Waals surface area contributed by atoms with Crippen LogP contribution in [0.2, 0.25) is 0 Å². The Balaban J connectivity index is 1.96. The van der Waals surface area contributed by atoms with Crippen LogP contribution in [-0.4, -0.2) is 100 Å². The molecule has 0 aromatic heterocycles. The zero-order valence-corrected chi connectivity index (χ0v) is 48.1. The molecule has 0 saturated carbocycles. The fraction of sp³-hybridized carbons (Fsp3) is 0.905. The maximum atomic E-state index is 13.0. The number of nitrogens with one attached hydrogen (secondary N) is 1. The van der Waals surface area contributed by atoms with Gasteiger partial charge in [0.15, 0.2) is 6.29 Å². The molecule has 0 radical (unpaired) electrons. The molecule has 6 N–H and O–H groups in total. The Labute approximate surface area is 454 Å². The molecule has 436 valence electrons. The molecule has 1 aliphatic heterocycles. The molecule has 11 nitrogen and oxygen atoms in total. The number of aliphatic hydroxyl groups is 5. The van der Waals surface area contributed by atoms with Crippen LogP contribution in [0, 0.1) is 0 Å². The molecule has 11 heteroatoms. The first-order valence-corrected chi connectivity index (χ1v) is 31.6. The van der Waals surface area contributed by atoms with E-state index in [0.717, 1.165) is 57.8 Å². The predicted molar refractivity (Wildman–Crippen MR) is 306 cm³/mol. The molecule has 0 aromatic carbocycles. The van der Waals surface area contributed by atoms with E-state index < -0.39 is 49.5 Å². The highest BCUT2D eigenvalue weighted by Gasteiger charge is 2.44. The second-order valence-corrected chi connectivity index (χ2v) is 22.1. The van der Waals surface area contributed by atoms with Crippen molar-refractivity contribution in [2.24, 2.45) is 0 Å². The number of hydrogen-bond acceptors (Lipinski definition) is 10. The minimum atomic E-state index is -1.57. The first-order valence-electron chi connectivity index (χ1n) is 31.6. The number of esters is 1. The third-order valence-electron chi connectivity index (χ3n) is 15.1. The fourth-order valence-electron chi connectivity index (χ4n) is 10.0. The van der Waals surface area contributed by atoms with E-state index in [0.29, 0.717) is 19.4 Å². The molecule has 7 atom stereocenters. The van der Waals surface area contributed by atoms with Gasteiger partial charge in [0.1, 0.15) is 24.4 Å². The average Bonchev–Trinajstić information content (AvgIpc) is 3.40. The van der Waals surface area contributed by atoms with Gasteiger partial charge in [-0.05, 0) is 51.4 Å².